The average molecular weight is 487 g/mol. The van der Waals surface area contributed by atoms with Crippen molar-refractivity contribution in [2.24, 2.45) is 0 Å². The fourth-order valence-corrected chi connectivity index (χ4v) is 4.07. The van der Waals surface area contributed by atoms with E-state index in [9.17, 15) is 4.79 Å². The van der Waals surface area contributed by atoms with Gasteiger partial charge in [-0.2, -0.15) is 9.78 Å². The number of rotatable bonds is 6. The van der Waals surface area contributed by atoms with Crippen LogP contribution in [0.1, 0.15) is 12.6 Å². The molecule has 0 bridgehead atoms. The van der Waals surface area contributed by atoms with Crippen LogP contribution in [0.15, 0.2) is 53.0 Å². The molecular formula is C21H19BrN4O3S. The molecule has 0 spiro atoms. The Bertz CT molecular complexity index is 1200. The van der Waals surface area contributed by atoms with Crippen LogP contribution in [0.25, 0.3) is 15.3 Å². The monoisotopic (exact) mass is 486 g/mol. The van der Waals surface area contributed by atoms with Crippen molar-refractivity contribution in [2.45, 2.75) is 20.0 Å². The molecule has 1 atom stereocenters. The first-order chi connectivity index (χ1) is 14.4. The van der Waals surface area contributed by atoms with Gasteiger partial charge in [0.1, 0.15) is 17.3 Å². The van der Waals surface area contributed by atoms with Crippen LogP contribution in [0.3, 0.4) is 0 Å². The number of nitrogens with one attached hydrogen (secondary N) is 1. The van der Waals surface area contributed by atoms with Gasteiger partial charge in [-0.15, -0.1) is 0 Å². The largest absolute Gasteiger partial charge is 0.497 e. The van der Waals surface area contributed by atoms with E-state index in [1.54, 1.807) is 36.9 Å². The lowest BCUT2D eigenvalue weighted by Crippen LogP contribution is -2.30. The molecule has 1 N–H and O–H groups in total. The van der Waals surface area contributed by atoms with Crippen LogP contribution in [0, 0.1) is 6.92 Å². The smallest absolute Gasteiger partial charge is 0.266 e. The molecule has 0 saturated heterocycles. The molecule has 30 heavy (non-hydrogen) atoms. The topological polar surface area (TPSA) is 78.3 Å². The number of carbonyl (C=O) groups excluding carboxylic acids is 1. The van der Waals surface area contributed by atoms with Gasteiger partial charge in [-0.25, -0.2) is 4.98 Å². The quantitative estimate of drug-likeness (QED) is 0.416. The van der Waals surface area contributed by atoms with Gasteiger partial charge in [0.2, 0.25) is 5.13 Å². The molecule has 154 valence electrons. The Hall–Kier alpha value is -2.91. The maximum atomic E-state index is 12.7. The van der Waals surface area contributed by atoms with Gasteiger partial charge in [0, 0.05) is 10.5 Å². The number of hydrogen-bond acceptors (Lipinski definition) is 6. The molecule has 7 nitrogen and oxygen atoms in total. The van der Waals surface area contributed by atoms with E-state index < -0.39 is 6.10 Å². The number of fused-ring (bicyclic) bond motifs is 1. The molecule has 2 heterocycles. The maximum absolute atomic E-state index is 12.7. The zero-order valence-electron chi connectivity index (χ0n) is 16.5. The molecule has 0 aliphatic rings. The third kappa shape index (κ3) is 4.31. The molecule has 0 aliphatic carbocycles. The number of nitrogens with zero attached hydrogens (tertiary/aromatic N) is 3. The van der Waals surface area contributed by atoms with Crippen molar-refractivity contribution in [3.63, 3.8) is 0 Å². The van der Waals surface area contributed by atoms with E-state index in [1.165, 1.54) is 11.3 Å². The summed E-state index contributed by atoms with van der Waals surface area (Å²) < 4.78 is 14.6. The van der Waals surface area contributed by atoms with Crippen molar-refractivity contribution in [2.75, 3.05) is 12.4 Å². The van der Waals surface area contributed by atoms with Crippen LogP contribution in [-0.2, 0) is 4.79 Å². The number of aromatic nitrogens is 3. The molecule has 9 heteroatoms. The first-order valence-electron chi connectivity index (χ1n) is 9.17. The first-order valence-corrected chi connectivity index (χ1v) is 10.8. The zero-order valence-corrected chi connectivity index (χ0v) is 19.0. The second kappa shape index (κ2) is 8.45. The lowest BCUT2D eigenvalue weighted by molar-refractivity contribution is -0.122. The normalized spacial score (nSPS) is 12.0. The van der Waals surface area contributed by atoms with Gasteiger partial charge in [0.25, 0.3) is 5.91 Å². The van der Waals surface area contributed by atoms with E-state index in [1.807, 2.05) is 37.3 Å². The fourth-order valence-electron chi connectivity index (χ4n) is 2.84. The number of anilines is 1. The number of hydrogen-bond donors (Lipinski definition) is 1. The van der Waals surface area contributed by atoms with E-state index in [4.69, 9.17) is 9.47 Å². The Morgan fingerprint density at radius 1 is 1.17 bits per heavy atom. The second-order valence-corrected chi connectivity index (χ2v) is 8.54. The second-order valence-electron chi connectivity index (χ2n) is 6.62. The number of carbonyl (C=O) groups is 1. The highest BCUT2D eigenvalue weighted by Crippen LogP contribution is 2.30. The number of methoxy groups -OCH3 is 1. The zero-order chi connectivity index (χ0) is 21.3. The van der Waals surface area contributed by atoms with Gasteiger partial charge in [-0.05, 0) is 56.3 Å². The predicted molar refractivity (Wildman–Crippen MR) is 121 cm³/mol. The Balaban J connectivity index is 1.55. The third-order valence-corrected chi connectivity index (χ3v) is 5.87. The van der Waals surface area contributed by atoms with Crippen molar-refractivity contribution >= 4 is 49.2 Å². The van der Waals surface area contributed by atoms with Gasteiger partial charge >= 0.3 is 0 Å². The summed E-state index contributed by atoms with van der Waals surface area (Å²) in [5, 5.41) is 8.05. The lowest BCUT2D eigenvalue weighted by Gasteiger charge is -2.15. The highest BCUT2D eigenvalue weighted by atomic mass is 79.9. The maximum Gasteiger partial charge on any atom is 0.266 e. The molecular weight excluding hydrogens is 468 g/mol. The van der Waals surface area contributed by atoms with E-state index in [-0.39, 0.29) is 5.91 Å². The van der Waals surface area contributed by atoms with E-state index >= 15 is 0 Å². The molecule has 0 fully saturated rings. The first kappa shape index (κ1) is 20.4. The van der Waals surface area contributed by atoms with Crippen molar-refractivity contribution in [3.05, 3.63) is 58.7 Å². The highest BCUT2D eigenvalue weighted by Gasteiger charge is 2.19. The van der Waals surface area contributed by atoms with E-state index in [2.05, 4.69) is 31.3 Å². The SMILES string of the molecule is COc1ccc2nc(-n3nc(C)cc3NC(=O)C(C)Oc3ccc(Br)cc3)sc2c1. The number of aryl methyl sites for hydroxylation is 1. The average Bonchev–Trinajstić information content (AvgIpc) is 3.31. The van der Waals surface area contributed by atoms with Crippen LogP contribution in [-0.4, -0.2) is 33.9 Å². The molecule has 0 aliphatic heterocycles. The van der Waals surface area contributed by atoms with Crippen LogP contribution in [0.5, 0.6) is 11.5 Å². The molecule has 4 aromatic rings. The third-order valence-electron chi connectivity index (χ3n) is 4.34. The summed E-state index contributed by atoms with van der Waals surface area (Å²) in [6, 6.07) is 14.8. The summed E-state index contributed by atoms with van der Waals surface area (Å²) in [6.07, 6.45) is -0.686. The number of ether oxygens (including phenoxy) is 2. The van der Waals surface area contributed by atoms with E-state index in [0.29, 0.717) is 16.7 Å². The number of halogens is 1. The van der Waals surface area contributed by atoms with Crippen molar-refractivity contribution in [1.29, 1.82) is 0 Å². The summed E-state index contributed by atoms with van der Waals surface area (Å²) in [7, 11) is 1.63. The molecule has 1 amide bonds. The summed E-state index contributed by atoms with van der Waals surface area (Å²) in [5.74, 6) is 1.64. The summed E-state index contributed by atoms with van der Waals surface area (Å²) in [4.78, 5) is 17.3. The van der Waals surface area contributed by atoms with Crippen LogP contribution < -0.4 is 14.8 Å². The van der Waals surface area contributed by atoms with Crippen LogP contribution in [0.4, 0.5) is 5.82 Å². The minimum Gasteiger partial charge on any atom is -0.497 e. The van der Waals surface area contributed by atoms with Gasteiger partial charge < -0.3 is 14.8 Å². The van der Waals surface area contributed by atoms with Crippen LogP contribution in [0.2, 0.25) is 0 Å². The minimum absolute atomic E-state index is 0.276. The predicted octanol–water partition coefficient (Wildman–Crippen LogP) is 4.97. The molecule has 0 radical (unpaired) electrons. The number of amides is 1. The lowest BCUT2D eigenvalue weighted by atomic mass is 10.3. The molecule has 2 aromatic heterocycles. The highest BCUT2D eigenvalue weighted by molar-refractivity contribution is 9.10. The number of benzene rings is 2. The molecule has 2 aromatic carbocycles. The Labute approximate surface area is 185 Å². The molecule has 4 rings (SSSR count). The van der Waals surface area contributed by atoms with Gasteiger partial charge in [0.15, 0.2) is 6.10 Å². The minimum atomic E-state index is -0.686. The van der Waals surface area contributed by atoms with Gasteiger partial charge in [0.05, 0.1) is 23.0 Å². The van der Waals surface area contributed by atoms with Gasteiger partial charge in [-0.3, -0.25) is 4.79 Å². The van der Waals surface area contributed by atoms with Gasteiger partial charge in [-0.1, -0.05) is 27.3 Å². The Morgan fingerprint density at radius 2 is 1.90 bits per heavy atom. The molecule has 1 unspecified atom stereocenters. The summed E-state index contributed by atoms with van der Waals surface area (Å²) in [6.45, 7) is 3.57. The fraction of sp³-hybridized carbons (Fsp3) is 0.190. The standard InChI is InChI=1S/C21H19BrN4O3S/c1-12-10-19(24-20(27)13(2)29-15-6-4-14(22)5-7-15)26(25-12)21-23-17-9-8-16(28-3)11-18(17)30-21/h4-11,13H,1-3H3,(H,24,27). The van der Waals surface area contributed by atoms with Crippen molar-refractivity contribution in [3.8, 4) is 16.6 Å². The van der Waals surface area contributed by atoms with Crippen molar-refractivity contribution in [1.82, 2.24) is 14.8 Å². The Morgan fingerprint density at radius 3 is 2.63 bits per heavy atom. The summed E-state index contributed by atoms with van der Waals surface area (Å²) in [5.41, 5.74) is 1.61. The van der Waals surface area contributed by atoms with Crippen molar-refractivity contribution < 1.29 is 14.3 Å². The summed E-state index contributed by atoms with van der Waals surface area (Å²) >= 11 is 4.85. The number of thiazole rings is 1. The molecule has 0 saturated carbocycles. The van der Waals surface area contributed by atoms with E-state index in [0.717, 1.165) is 26.1 Å². The Kier molecular flexibility index (Phi) is 5.74. The van der Waals surface area contributed by atoms with Crippen LogP contribution >= 0.6 is 27.3 Å².